The summed E-state index contributed by atoms with van der Waals surface area (Å²) in [7, 11) is 1.17. The van der Waals surface area contributed by atoms with Crippen LogP contribution in [-0.2, 0) is 17.9 Å². The van der Waals surface area contributed by atoms with Gasteiger partial charge in [-0.15, -0.1) is 0 Å². The van der Waals surface area contributed by atoms with Crippen molar-refractivity contribution < 1.29 is 23.5 Å². The average molecular weight is 462 g/mol. The number of carbonyl (C=O) groups excluding carboxylic acids is 2. The van der Waals surface area contributed by atoms with E-state index in [1.165, 1.54) is 25.3 Å². The lowest BCUT2D eigenvalue weighted by atomic mass is 10.1. The molecule has 0 heterocycles. The van der Waals surface area contributed by atoms with E-state index in [9.17, 15) is 14.0 Å². The number of methoxy groups -OCH3 is 1. The van der Waals surface area contributed by atoms with Crippen molar-refractivity contribution >= 4 is 35.1 Å². The van der Waals surface area contributed by atoms with E-state index in [0.717, 1.165) is 11.6 Å². The van der Waals surface area contributed by atoms with E-state index in [4.69, 9.17) is 27.9 Å². The van der Waals surface area contributed by atoms with Gasteiger partial charge in [0, 0.05) is 11.6 Å². The Morgan fingerprint density at radius 2 is 1.77 bits per heavy atom. The van der Waals surface area contributed by atoms with E-state index in [0.29, 0.717) is 16.3 Å². The minimum absolute atomic E-state index is 0.0625. The first-order valence-corrected chi connectivity index (χ1v) is 9.94. The molecule has 0 spiro atoms. The number of ether oxygens (including phenoxy) is 2. The number of benzene rings is 3. The molecular weight excluding hydrogens is 444 g/mol. The molecule has 3 rings (SSSR count). The van der Waals surface area contributed by atoms with Crippen molar-refractivity contribution in [3.63, 3.8) is 0 Å². The van der Waals surface area contributed by atoms with Crippen molar-refractivity contribution in [1.82, 2.24) is 5.32 Å². The Morgan fingerprint density at radius 1 is 0.968 bits per heavy atom. The molecule has 0 saturated carbocycles. The minimum Gasteiger partial charge on any atom is -0.489 e. The van der Waals surface area contributed by atoms with Gasteiger partial charge in [0.15, 0.2) is 0 Å². The molecule has 0 fully saturated rings. The molecule has 0 aromatic heterocycles. The average Bonchev–Trinajstić information content (AvgIpc) is 2.77. The first-order chi connectivity index (χ1) is 14.9. The number of halogens is 3. The summed E-state index contributed by atoms with van der Waals surface area (Å²) in [5, 5.41) is 3.55. The van der Waals surface area contributed by atoms with Crippen LogP contribution in [0.2, 0.25) is 10.0 Å². The first kappa shape index (κ1) is 22.6. The van der Waals surface area contributed by atoms with Crippen LogP contribution in [0.3, 0.4) is 0 Å². The maximum Gasteiger partial charge on any atom is 0.340 e. The zero-order valence-corrected chi connectivity index (χ0v) is 18.0. The Hall–Kier alpha value is -3.09. The van der Waals surface area contributed by atoms with Crippen molar-refractivity contribution in [3.8, 4) is 5.75 Å². The van der Waals surface area contributed by atoms with Crippen LogP contribution in [0.25, 0.3) is 0 Å². The van der Waals surface area contributed by atoms with Gasteiger partial charge in [0.05, 0.1) is 23.3 Å². The van der Waals surface area contributed by atoms with Crippen molar-refractivity contribution in [3.05, 3.63) is 98.8 Å². The normalized spacial score (nSPS) is 10.5. The molecule has 0 aliphatic rings. The second-order valence-corrected chi connectivity index (χ2v) is 7.39. The molecule has 0 unspecified atom stereocenters. The van der Waals surface area contributed by atoms with Crippen molar-refractivity contribution in [2.24, 2.45) is 0 Å². The molecule has 3 aromatic carbocycles. The van der Waals surface area contributed by atoms with Crippen molar-refractivity contribution in [2.45, 2.75) is 13.2 Å². The van der Waals surface area contributed by atoms with E-state index >= 15 is 0 Å². The second kappa shape index (κ2) is 10.3. The summed E-state index contributed by atoms with van der Waals surface area (Å²) in [6.45, 7) is 0.335. The highest BCUT2D eigenvalue weighted by atomic mass is 35.5. The quantitative estimate of drug-likeness (QED) is 0.476. The monoisotopic (exact) mass is 461 g/mol. The van der Waals surface area contributed by atoms with Gasteiger partial charge in [-0.25, -0.2) is 9.18 Å². The molecule has 0 atom stereocenters. The summed E-state index contributed by atoms with van der Waals surface area (Å²) in [5.41, 5.74) is 1.43. The van der Waals surface area contributed by atoms with Gasteiger partial charge >= 0.3 is 5.97 Å². The highest BCUT2D eigenvalue weighted by Crippen LogP contribution is 2.23. The molecule has 0 radical (unpaired) electrons. The van der Waals surface area contributed by atoms with Crippen LogP contribution < -0.4 is 10.1 Å². The predicted octanol–water partition coefficient (Wildman–Crippen LogP) is 5.43. The van der Waals surface area contributed by atoms with Gasteiger partial charge in [-0.2, -0.15) is 0 Å². The molecule has 0 aliphatic carbocycles. The van der Waals surface area contributed by atoms with E-state index < -0.39 is 17.7 Å². The number of rotatable bonds is 7. The Bertz CT molecular complexity index is 1120. The lowest BCUT2D eigenvalue weighted by molar-refractivity contribution is 0.0595. The van der Waals surface area contributed by atoms with Crippen molar-refractivity contribution in [2.75, 3.05) is 7.11 Å². The van der Waals surface area contributed by atoms with Crippen LogP contribution in [-0.4, -0.2) is 19.0 Å². The second-order valence-electron chi connectivity index (χ2n) is 6.55. The summed E-state index contributed by atoms with van der Waals surface area (Å²) in [6, 6.07) is 16.0. The third kappa shape index (κ3) is 5.96. The molecule has 8 heteroatoms. The van der Waals surface area contributed by atoms with Crippen LogP contribution >= 0.6 is 23.2 Å². The fourth-order valence-electron chi connectivity index (χ4n) is 2.79. The number of hydrogen-bond acceptors (Lipinski definition) is 4. The van der Waals surface area contributed by atoms with Crippen LogP contribution in [0.4, 0.5) is 4.39 Å². The Morgan fingerprint density at radius 3 is 2.52 bits per heavy atom. The minimum atomic E-state index is -0.793. The maximum atomic E-state index is 13.8. The summed E-state index contributed by atoms with van der Waals surface area (Å²) in [5.74, 6) is -1.47. The molecule has 0 saturated heterocycles. The molecule has 0 aliphatic heterocycles. The Balaban J connectivity index is 1.67. The van der Waals surface area contributed by atoms with Gasteiger partial charge < -0.3 is 14.8 Å². The van der Waals surface area contributed by atoms with E-state index in [1.807, 2.05) is 12.1 Å². The van der Waals surface area contributed by atoms with Crippen LogP contribution in [0.15, 0.2) is 60.7 Å². The molecule has 160 valence electrons. The lowest BCUT2D eigenvalue weighted by Gasteiger charge is -2.11. The van der Waals surface area contributed by atoms with E-state index in [2.05, 4.69) is 10.1 Å². The van der Waals surface area contributed by atoms with Gasteiger partial charge in [-0.1, -0.05) is 41.4 Å². The lowest BCUT2D eigenvalue weighted by Crippen LogP contribution is -2.23. The molecule has 0 bridgehead atoms. The van der Waals surface area contributed by atoms with E-state index in [-0.39, 0.29) is 29.3 Å². The summed E-state index contributed by atoms with van der Waals surface area (Å²) < 4.78 is 24.0. The Labute approximate surface area is 188 Å². The third-order valence-corrected chi connectivity index (χ3v) is 4.93. The van der Waals surface area contributed by atoms with Gasteiger partial charge in [-0.3, -0.25) is 4.79 Å². The first-order valence-electron chi connectivity index (χ1n) is 9.19. The SMILES string of the molecule is COC(=O)c1cc(CNC(=O)c2cc(OCc3cccc(Cl)c3)ccc2Cl)ccc1F. The number of amides is 1. The third-order valence-electron chi connectivity index (χ3n) is 4.37. The largest absolute Gasteiger partial charge is 0.489 e. The fourth-order valence-corrected chi connectivity index (χ4v) is 3.20. The number of hydrogen-bond donors (Lipinski definition) is 1. The molecule has 3 aromatic rings. The van der Waals surface area contributed by atoms with Gasteiger partial charge in [0.1, 0.15) is 18.2 Å². The van der Waals surface area contributed by atoms with Crippen LogP contribution in [0, 0.1) is 5.82 Å². The smallest absolute Gasteiger partial charge is 0.340 e. The predicted molar refractivity (Wildman–Crippen MR) is 116 cm³/mol. The molecule has 5 nitrogen and oxygen atoms in total. The van der Waals surface area contributed by atoms with Crippen molar-refractivity contribution in [1.29, 1.82) is 0 Å². The summed E-state index contributed by atoms with van der Waals surface area (Å²) in [4.78, 5) is 24.2. The number of esters is 1. The molecule has 1 amide bonds. The summed E-state index contributed by atoms with van der Waals surface area (Å²) >= 11 is 12.1. The Kier molecular flexibility index (Phi) is 7.50. The highest BCUT2D eigenvalue weighted by molar-refractivity contribution is 6.33. The highest BCUT2D eigenvalue weighted by Gasteiger charge is 2.15. The van der Waals surface area contributed by atoms with Crippen LogP contribution in [0.1, 0.15) is 31.8 Å². The number of carbonyl (C=O) groups is 2. The van der Waals surface area contributed by atoms with Gasteiger partial charge in [0.2, 0.25) is 0 Å². The molecule has 31 heavy (non-hydrogen) atoms. The van der Waals surface area contributed by atoms with Gasteiger partial charge in [-0.05, 0) is 53.6 Å². The van der Waals surface area contributed by atoms with E-state index in [1.54, 1.807) is 24.3 Å². The topological polar surface area (TPSA) is 64.6 Å². The maximum absolute atomic E-state index is 13.8. The molecular formula is C23H18Cl2FNO4. The molecule has 1 N–H and O–H groups in total. The standard InChI is InChI=1S/C23H18Cl2FNO4/c1-30-23(29)19-10-14(5-8-21(19)26)12-27-22(28)18-11-17(6-7-20(18)25)31-13-15-3-2-4-16(24)9-15/h2-11H,12-13H2,1H3,(H,27,28). The zero-order valence-electron chi connectivity index (χ0n) is 16.5. The fraction of sp³-hybridized carbons (Fsp3) is 0.130. The summed E-state index contributed by atoms with van der Waals surface area (Å²) in [6.07, 6.45) is 0. The number of nitrogens with one attached hydrogen (secondary N) is 1. The van der Waals surface area contributed by atoms with Crippen LogP contribution in [0.5, 0.6) is 5.75 Å². The van der Waals surface area contributed by atoms with Gasteiger partial charge in [0.25, 0.3) is 5.91 Å². The zero-order chi connectivity index (χ0) is 22.4.